The highest BCUT2D eigenvalue weighted by Crippen LogP contribution is 2.58. The van der Waals surface area contributed by atoms with Gasteiger partial charge in [0, 0.05) is 8.95 Å². The number of halogens is 2. The molecule has 0 amide bonds. The van der Waals surface area contributed by atoms with E-state index in [9.17, 15) is 0 Å². The molecule has 0 saturated carbocycles. The Morgan fingerprint density at radius 3 is 1.41 bits per heavy atom. The number of benzene rings is 7. The summed E-state index contributed by atoms with van der Waals surface area (Å²) in [6.07, 6.45) is 45.1. The Labute approximate surface area is 460 Å². The first-order valence-electron chi connectivity index (χ1n) is 27.0. The van der Waals surface area contributed by atoms with Gasteiger partial charge in [-0.2, -0.15) is 0 Å². The zero-order valence-corrected chi connectivity index (χ0v) is 45.4. The normalized spacial score (nSPS) is 17.3. The minimum absolute atomic E-state index is 0.936. The Kier molecular flexibility index (Phi) is 13.3. The van der Waals surface area contributed by atoms with E-state index in [1.54, 1.807) is 0 Å². The number of fused-ring (bicyclic) bond motifs is 2. The molecule has 0 bridgehead atoms. The van der Waals surface area contributed by atoms with Crippen LogP contribution in [-0.4, -0.2) is 7.28 Å². The smallest absolute Gasteiger partial charge is 0.0842 e. The van der Waals surface area contributed by atoms with Crippen LogP contribution >= 0.6 is 31.9 Å². The maximum absolute atomic E-state index is 3.99. The standard InChI is InChI=1S/C72H56BBr2/c74-58-41-38-47-36-37-56(44-57(47)45-58)66-63(50-24-10-2-11-25-50)69(60-43-40-48-39-42-59(75)46-61(48)62(60)49-22-8-1-9-23-49)65(52-28-14-4-15-29-52)70(64(66)51-26-12-3-13-27-51)72-68(54-32-18-6-19-33-54)67(53-30-16-5-17-31-53)71(73-72)55-34-20-7-21-35-55/h1-8,10,12,14-18,20,22,24,26,28-32,34,36-46H,9,11,13,19,21,23,25,27,33,35H2. The third kappa shape index (κ3) is 9.02. The van der Waals surface area contributed by atoms with Crippen molar-refractivity contribution in [1.82, 2.24) is 0 Å². The summed E-state index contributed by atoms with van der Waals surface area (Å²) in [6.45, 7) is 0. The van der Waals surface area contributed by atoms with Gasteiger partial charge in [-0.15, -0.1) is 0 Å². The van der Waals surface area contributed by atoms with Gasteiger partial charge >= 0.3 is 0 Å². The van der Waals surface area contributed by atoms with Crippen LogP contribution in [0.25, 0.3) is 82.7 Å². The quantitative estimate of drug-likeness (QED) is 0.120. The highest BCUT2D eigenvalue weighted by Gasteiger charge is 2.38. The highest BCUT2D eigenvalue weighted by molar-refractivity contribution is 9.10. The Hall–Kier alpha value is -7.04. The molecule has 0 unspecified atom stereocenters. The summed E-state index contributed by atoms with van der Waals surface area (Å²) in [4.78, 5) is 0. The first-order chi connectivity index (χ1) is 37.1. The number of hydrogen-bond donors (Lipinski definition) is 0. The highest BCUT2D eigenvalue weighted by atomic mass is 79.9. The first kappa shape index (κ1) is 47.7. The van der Waals surface area contributed by atoms with E-state index in [1.165, 1.54) is 133 Å². The second-order valence-electron chi connectivity index (χ2n) is 20.6. The van der Waals surface area contributed by atoms with Crippen LogP contribution in [0, 0.1) is 0 Å². The van der Waals surface area contributed by atoms with E-state index >= 15 is 0 Å². The predicted molar refractivity (Wildman–Crippen MR) is 331 cm³/mol. The third-order valence-corrected chi connectivity index (χ3v) is 17.0. The fourth-order valence-corrected chi connectivity index (χ4v) is 13.4. The molecule has 1 heterocycles. The second-order valence-corrected chi connectivity index (χ2v) is 22.4. The molecule has 0 saturated heterocycles. The summed E-state index contributed by atoms with van der Waals surface area (Å²) in [6, 6.07) is 48.6. The zero-order valence-electron chi connectivity index (χ0n) is 42.2. The van der Waals surface area contributed by atoms with E-state index in [0.717, 1.165) is 73.2 Å². The Morgan fingerprint density at radius 2 is 0.813 bits per heavy atom. The molecule has 5 aliphatic carbocycles. The molecule has 361 valence electrons. The SMILES string of the molecule is Brc1ccc2ccc(-c3c(C4=CC=CCC4)c(C4=C(C5=CC=CCC5)C(c5ccccc5)=C(C5=CC=CCC5)[B]4)c(-c4ccccc4)c(-c4ccc5ccc(Br)cc5c4C4=CC=CCC4)c3C3=CC=CCC3)cc2c1. The molecule has 1 radical (unpaired) electrons. The number of hydrogen-bond acceptors (Lipinski definition) is 0. The maximum atomic E-state index is 3.99. The number of rotatable bonds is 10. The summed E-state index contributed by atoms with van der Waals surface area (Å²) in [5.41, 5.74) is 26.5. The monoisotopic (exact) mass is 1090 g/mol. The summed E-state index contributed by atoms with van der Waals surface area (Å²) < 4.78 is 2.17. The van der Waals surface area contributed by atoms with Gasteiger partial charge in [-0.25, -0.2) is 0 Å². The van der Waals surface area contributed by atoms with Crippen molar-refractivity contribution < 1.29 is 0 Å². The molecule has 7 aromatic carbocycles. The Morgan fingerprint density at radius 1 is 0.320 bits per heavy atom. The van der Waals surface area contributed by atoms with Crippen molar-refractivity contribution in [3.05, 3.63) is 277 Å². The van der Waals surface area contributed by atoms with Gasteiger partial charge in [0.15, 0.2) is 7.28 Å². The Bertz CT molecular complexity index is 3890. The molecule has 7 aromatic rings. The molecular weight excluding hydrogens is 1040 g/mol. The topological polar surface area (TPSA) is 0 Å². The lowest BCUT2D eigenvalue weighted by Gasteiger charge is -2.33. The molecule has 75 heavy (non-hydrogen) atoms. The summed E-state index contributed by atoms with van der Waals surface area (Å²) in [7, 11) is 2.65. The van der Waals surface area contributed by atoms with Crippen molar-refractivity contribution in [3.63, 3.8) is 0 Å². The van der Waals surface area contributed by atoms with Crippen LogP contribution in [0.5, 0.6) is 0 Å². The van der Waals surface area contributed by atoms with Gasteiger partial charge in [-0.1, -0.05) is 237 Å². The minimum atomic E-state index is 0.936. The number of allylic oxidation sites excluding steroid dienone is 23. The van der Waals surface area contributed by atoms with Gasteiger partial charge in [-0.3, -0.25) is 0 Å². The van der Waals surface area contributed by atoms with Crippen LogP contribution in [0.2, 0.25) is 0 Å². The summed E-state index contributed by atoms with van der Waals surface area (Å²) in [5, 5.41) is 4.97. The van der Waals surface area contributed by atoms with Gasteiger partial charge in [0.2, 0.25) is 0 Å². The van der Waals surface area contributed by atoms with Crippen LogP contribution in [0.3, 0.4) is 0 Å². The van der Waals surface area contributed by atoms with Gasteiger partial charge in [0.25, 0.3) is 0 Å². The molecule has 0 fully saturated rings. The molecule has 0 N–H and O–H groups in total. The fraction of sp³-hybridized carbons (Fsp3) is 0.139. The van der Waals surface area contributed by atoms with Crippen molar-refractivity contribution in [3.8, 4) is 33.4 Å². The summed E-state index contributed by atoms with van der Waals surface area (Å²) in [5.74, 6) is 0. The van der Waals surface area contributed by atoms with Crippen LogP contribution in [-0.2, 0) is 0 Å². The molecule has 1 aliphatic heterocycles. The largest absolute Gasteiger partial charge is 0.194 e. The molecule has 6 aliphatic rings. The molecule has 0 spiro atoms. The average Bonchev–Trinajstić information content (AvgIpc) is 3.96. The van der Waals surface area contributed by atoms with E-state index in [2.05, 4.69) is 258 Å². The molecular formula is C72H56BBr2. The van der Waals surface area contributed by atoms with E-state index in [4.69, 9.17) is 0 Å². The van der Waals surface area contributed by atoms with E-state index in [-0.39, 0.29) is 0 Å². The molecule has 0 aromatic heterocycles. The lowest BCUT2D eigenvalue weighted by Crippen LogP contribution is -2.12. The average molecular weight is 1090 g/mol. The van der Waals surface area contributed by atoms with E-state index < -0.39 is 0 Å². The van der Waals surface area contributed by atoms with Crippen molar-refractivity contribution in [2.45, 2.75) is 64.2 Å². The molecule has 13 rings (SSSR count). The lowest BCUT2D eigenvalue weighted by molar-refractivity contribution is 0.977. The van der Waals surface area contributed by atoms with Gasteiger partial charge < -0.3 is 0 Å². The lowest BCUT2D eigenvalue weighted by atomic mass is 9.57. The van der Waals surface area contributed by atoms with Crippen LogP contribution in [0.1, 0.15) is 92.0 Å². The summed E-state index contributed by atoms with van der Waals surface area (Å²) >= 11 is 7.88. The minimum Gasteiger partial charge on any atom is -0.0842 e. The van der Waals surface area contributed by atoms with Gasteiger partial charge in [0.05, 0.1) is 0 Å². The zero-order chi connectivity index (χ0) is 50.2. The third-order valence-electron chi connectivity index (χ3n) is 16.0. The van der Waals surface area contributed by atoms with Gasteiger partial charge in [0.1, 0.15) is 0 Å². The van der Waals surface area contributed by atoms with Crippen molar-refractivity contribution in [2.75, 3.05) is 0 Å². The Balaban J connectivity index is 1.31. The predicted octanol–water partition coefficient (Wildman–Crippen LogP) is 21.1. The fourth-order valence-electron chi connectivity index (χ4n) is 12.6. The van der Waals surface area contributed by atoms with Crippen molar-refractivity contribution in [2.24, 2.45) is 0 Å². The first-order valence-corrected chi connectivity index (χ1v) is 28.6. The van der Waals surface area contributed by atoms with Gasteiger partial charge in [-0.05, 0) is 211 Å². The maximum Gasteiger partial charge on any atom is 0.194 e. The van der Waals surface area contributed by atoms with Crippen molar-refractivity contribution in [1.29, 1.82) is 0 Å². The van der Waals surface area contributed by atoms with E-state index in [0.29, 0.717) is 0 Å². The molecule has 0 nitrogen and oxygen atoms in total. The van der Waals surface area contributed by atoms with Crippen LogP contribution in [0.4, 0.5) is 0 Å². The van der Waals surface area contributed by atoms with Crippen molar-refractivity contribution >= 4 is 88.4 Å². The van der Waals surface area contributed by atoms with Crippen LogP contribution < -0.4 is 0 Å². The molecule has 0 atom stereocenters. The van der Waals surface area contributed by atoms with E-state index in [1.807, 2.05) is 0 Å². The van der Waals surface area contributed by atoms with Crippen LogP contribution in [0.15, 0.2) is 250 Å². The second kappa shape index (κ2) is 20.9. The molecule has 3 heteroatoms.